The van der Waals surface area contributed by atoms with E-state index in [1.165, 1.54) is 0 Å². The second kappa shape index (κ2) is 7.97. The first-order chi connectivity index (χ1) is 10.6. The number of ether oxygens (including phenoxy) is 1. The van der Waals surface area contributed by atoms with Crippen LogP contribution in [0.2, 0.25) is 5.02 Å². The van der Waals surface area contributed by atoms with Gasteiger partial charge in [0.2, 0.25) is 5.91 Å². The first-order valence-electron chi connectivity index (χ1n) is 7.12. The standard InChI is InChI=1S/C16H21ClN2O4/c1-10-9-11(5-6-12(10)17)18-14(21)13(7-8-20)19-15(22)23-16(2,3)4/h5-6,8-9,13H,7H2,1-4H3,(H,18,21)(H,19,22)/t13-/m0/s1. The lowest BCUT2D eigenvalue weighted by Gasteiger charge is -2.22. The summed E-state index contributed by atoms with van der Waals surface area (Å²) in [6, 6.07) is 3.98. The molecule has 0 aromatic heterocycles. The molecule has 0 aliphatic rings. The fraction of sp³-hybridized carbons (Fsp3) is 0.438. The minimum atomic E-state index is -1.02. The van der Waals surface area contributed by atoms with Gasteiger partial charge in [0.05, 0.1) is 0 Å². The van der Waals surface area contributed by atoms with Gasteiger partial charge in [-0.25, -0.2) is 4.79 Å². The average Bonchev–Trinajstić information content (AvgIpc) is 2.40. The molecule has 0 spiro atoms. The molecule has 2 amide bonds. The SMILES string of the molecule is Cc1cc(NC(=O)[C@H](CC=O)NC(=O)OC(C)(C)C)ccc1Cl. The average molecular weight is 341 g/mol. The van der Waals surface area contributed by atoms with Crippen LogP contribution in [-0.4, -0.2) is 29.9 Å². The minimum Gasteiger partial charge on any atom is -0.444 e. The molecule has 0 unspecified atom stereocenters. The van der Waals surface area contributed by atoms with Crippen LogP contribution in [0, 0.1) is 6.92 Å². The van der Waals surface area contributed by atoms with Crippen LogP contribution < -0.4 is 10.6 Å². The van der Waals surface area contributed by atoms with Crippen LogP contribution in [0.15, 0.2) is 18.2 Å². The monoisotopic (exact) mass is 340 g/mol. The number of carbonyl (C=O) groups excluding carboxylic acids is 3. The van der Waals surface area contributed by atoms with E-state index in [0.29, 0.717) is 17.0 Å². The number of hydrogen-bond donors (Lipinski definition) is 2. The van der Waals surface area contributed by atoms with Gasteiger partial charge in [-0.05, 0) is 51.5 Å². The largest absolute Gasteiger partial charge is 0.444 e. The minimum absolute atomic E-state index is 0.155. The fourth-order valence-electron chi connectivity index (χ4n) is 1.73. The molecule has 126 valence electrons. The number of amides is 2. The summed E-state index contributed by atoms with van der Waals surface area (Å²) in [6.45, 7) is 6.92. The molecule has 2 N–H and O–H groups in total. The molecule has 6 nitrogen and oxygen atoms in total. The van der Waals surface area contributed by atoms with Crippen LogP contribution in [-0.2, 0) is 14.3 Å². The van der Waals surface area contributed by atoms with Crippen molar-refractivity contribution in [2.45, 2.75) is 45.8 Å². The molecule has 7 heteroatoms. The third-order valence-electron chi connectivity index (χ3n) is 2.76. The number of alkyl carbamates (subject to hydrolysis) is 1. The van der Waals surface area contributed by atoms with E-state index in [-0.39, 0.29) is 6.42 Å². The maximum Gasteiger partial charge on any atom is 0.408 e. The third-order valence-corrected chi connectivity index (χ3v) is 3.19. The van der Waals surface area contributed by atoms with Crippen molar-refractivity contribution < 1.29 is 19.1 Å². The summed E-state index contributed by atoms with van der Waals surface area (Å²) >= 11 is 5.93. The molecule has 23 heavy (non-hydrogen) atoms. The number of anilines is 1. The topological polar surface area (TPSA) is 84.5 Å². The van der Waals surface area contributed by atoms with Crippen molar-refractivity contribution in [1.29, 1.82) is 0 Å². The summed E-state index contributed by atoms with van der Waals surface area (Å²) in [7, 11) is 0. The number of aldehydes is 1. The van der Waals surface area contributed by atoms with Crippen LogP contribution in [0.3, 0.4) is 0 Å². The first kappa shape index (κ1) is 19.0. The zero-order chi connectivity index (χ0) is 17.6. The lowest BCUT2D eigenvalue weighted by Crippen LogP contribution is -2.46. The molecule has 0 aliphatic heterocycles. The number of hydrogen-bond acceptors (Lipinski definition) is 4. The van der Waals surface area contributed by atoms with Crippen LogP contribution in [0.5, 0.6) is 0 Å². The number of halogens is 1. The molecule has 1 aromatic rings. The quantitative estimate of drug-likeness (QED) is 0.807. The van der Waals surface area contributed by atoms with Gasteiger partial charge in [-0.3, -0.25) is 4.79 Å². The normalized spacial score (nSPS) is 12.2. The molecule has 0 bridgehead atoms. The Morgan fingerprint density at radius 1 is 1.35 bits per heavy atom. The van der Waals surface area contributed by atoms with Gasteiger partial charge < -0.3 is 20.2 Å². The highest BCUT2D eigenvalue weighted by atomic mass is 35.5. The highest BCUT2D eigenvalue weighted by Crippen LogP contribution is 2.19. The van der Waals surface area contributed by atoms with E-state index in [4.69, 9.17) is 16.3 Å². The Morgan fingerprint density at radius 3 is 2.52 bits per heavy atom. The Morgan fingerprint density at radius 2 is 2.00 bits per heavy atom. The lowest BCUT2D eigenvalue weighted by atomic mass is 10.1. The van der Waals surface area contributed by atoms with E-state index in [1.807, 2.05) is 0 Å². The van der Waals surface area contributed by atoms with E-state index in [9.17, 15) is 14.4 Å². The first-order valence-corrected chi connectivity index (χ1v) is 7.50. The van der Waals surface area contributed by atoms with Crippen molar-refractivity contribution in [3.05, 3.63) is 28.8 Å². The van der Waals surface area contributed by atoms with E-state index in [0.717, 1.165) is 5.56 Å². The van der Waals surface area contributed by atoms with Gasteiger partial charge in [-0.2, -0.15) is 0 Å². The van der Waals surface area contributed by atoms with E-state index >= 15 is 0 Å². The van der Waals surface area contributed by atoms with Crippen LogP contribution >= 0.6 is 11.6 Å². The number of rotatable bonds is 5. The number of carbonyl (C=O) groups is 3. The molecular weight excluding hydrogens is 320 g/mol. The number of aryl methyl sites for hydroxylation is 1. The summed E-state index contributed by atoms with van der Waals surface area (Å²) in [4.78, 5) is 34.7. The Labute approximate surface area is 140 Å². The van der Waals surface area contributed by atoms with Crippen LogP contribution in [0.1, 0.15) is 32.8 Å². The smallest absolute Gasteiger partial charge is 0.408 e. The van der Waals surface area contributed by atoms with E-state index < -0.39 is 23.6 Å². The molecule has 0 saturated carbocycles. The van der Waals surface area contributed by atoms with Crippen molar-refractivity contribution in [1.82, 2.24) is 5.32 Å². The number of benzene rings is 1. The van der Waals surface area contributed by atoms with Gasteiger partial charge in [0.25, 0.3) is 0 Å². The van der Waals surface area contributed by atoms with Crippen molar-refractivity contribution in [2.24, 2.45) is 0 Å². The van der Waals surface area contributed by atoms with Crippen LogP contribution in [0.25, 0.3) is 0 Å². The highest BCUT2D eigenvalue weighted by molar-refractivity contribution is 6.31. The predicted octanol–water partition coefficient (Wildman–Crippen LogP) is 3.07. The van der Waals surface area contributed by atoms with Crippen molar-refractivity contribution in [3.8, 4) is 0 Å². The molecule has 0 aliphatic carbocycles. The Balaban J connectivity index is 2.75. The van der Waals surface area contributed by atoms with Gasteiger partial charge in [0.1, 0.15) is 17.9 Å². The van der Waals surface area contributed by atoms with Gasteiger partial charge in [0, 0.05) is 17.1 Å². The lowest BCUT2D eigenvalue weighted by molar-refractivity contribution is -0.120. The Hall–Kier alpha value is -2.08. The summed E-state index contributed by atoms with van der Waals surface area (Å²) < 4.78 is 5.09. The van der Waals surface area contributed by atoms with Crippen molar-refractivity contribution in [3.63, 3.8) is 0 Å². The molecular formula is C16H21ClN2O4. The zero-order valence-electron chi connectivity index (χ0n) is 13.6. The van der Waals surface area contributed by atoms with Gasteiger partial charge in [0.15, 0.2) is 0 Å². The van der Waals surface area contributed by atoms with E-state index in [1.54, 1.807) is 45.9 Å². The molecule has 0 radical (unpaired) electrons. The summed E-state index contributed by atoms with van der Waals surface area (Å²) in [5, 5.41) is 5.61. The number of nitrogens with one attached hydrogen (secondary N) is 2. The third kappa shape index (κ3) is 6.69. The maximum atomic E-state index is 12.2. The molecule has 0 heterocycles. The van der Waals surface area contributed by atoms with Crippen LogP contribution in [0.4, 0.5) is 10.5 Å². The second-order valence-corrected chi connectivity index (χ2v) is 6.46. The van der Waals surface area contributed by atoms with Gasteiger partial charge >= 0.3 is 6.09 Å². The molecule has 1 aromatic carbocycles. The molecule has 1 atom stereocenters. The summed E-state index contributed by atoms with van der Waals surface area (Å²) in [6.07, 6.45) is -0.349. The maximum absolute atomic E-state index is 12.2. The molecule has 1 rings (SSSR count). The second-order valence-electron chi connectivity index (χ2n) is 6.05. The van der Waals surface area contributed by atoms with E-state index in [2.05, 4.69) is 10.6 Å². The fourth-order valence-corrected chi connectivity index (χ4v) is 1.85. The van der Waals surface area contributed by atoms with Crippen molar-refractivity contribution in [2.75, 3.05) is 5.32 Å². The molecule has 0 fully saturated rings. The van der Waals surface area contributed by atoms with Gasteiger partial charge in [-0.1, -0.05) is 11.6 Å². The van der Waals surface area contributed by atoms with Gasteiger partial charge in [-0.15, -0.1) is 0 Å². The zero-order valence-corrected chi connectivity index (χ0v) is 14.4. The predicted molar refractivity (Wildman–Crippen MR) is 88.7 cm³/mol. The van der Waals surface area contributed by atoms with Crippen molar-refractivity contribution >= 4 is 35.6 Å². The highest BCUT2D eigenvalue weighted by Gasteiger charge is 2.24. The Bertz CT molecular complexity index is 596. The summed E-state index contributed by atoms with van der Waals surface area (Å²) in [5.74, 6) is -0.510. The Kier molecular flexibility index (Phi) is 6.57. The molecule has 0 saturated heterocycles. The summed E-state index contributed by atoms with van der Waals surface area (Å²) in [5.41, 5.74) is 0.634.